The Hall–Kier alpha value is -2.63. The topological polar surface area (TPSA) is 58.6 Å². The van der Waals surface area contributed by atoms with E-state index < -0.39 is 17.6 Å². The summed E-state index contributed by atoms with van der Waals surface area (Å²) in [6.07, 6.45) is 0. The van der Waals surface area contributed by atoms with Gasteiger partial charge in [0.05, 0.1) is 5.56 Å². The number of carbonyl (C=O) groups is 1. The summed E-state index contributed by atoms with van der Waals surface area (Å²) in [5.74, 6) is -2.27. The molecule has 6 heteroatoms. The van der Waals surface area contributed by atoms with Gasteiger partial charge in [-0.25, -0.2) is 13.6 Å². The van der Waals surface area contributed by atoms with Gasteiger partial charge in [0.15, 0.2) is 11.6 Å². The number of hydrogen-bond donors (Lipinski definition) is 2. The normalized spacial score (nSPS) is 10.2. The molecule has 2 rings (SSSR count). The van der Waals surface area contributed by atoms with Crippen molar-refractivity contribution in [2.75, 3.05) is 18.5 Å². The van der Waals surface area contributed by atoms with Crippen LogP contribution in [0.15, 0.2) is 42.5 Å². The van der Waals surface area contributed by atoms with Crippen molar-refractivity contribution in [1.82, 2.24) is 0 Å². The first-order chi connectivity index (χ1) is 10.1. The Morgan fingerprint density at radius 3 is 2.43 bits per heavy atom. The fraction of sp³-hybridized carbons (Fsp3) is 0.133. The van der Waals surface area contributed by atoms with E-state index in [0.717, 1.165) is 12.1 Å². The van der Waals surface area contributed by atoms with E-state index in [1.165, 1.54) is 18.2 Å². The van der Waals surface area contributed by atoms with Crippen LogP contribution in [0.4, 0.5) is 14.5 Å². The number of hydrogen-bond acceptors (Lipinski definition) is 3. The average molecular weight is 293 g/mol. The second-order valence-electron chi connectivity index (χ2n) is 4.23. The van der Waals surface area contributed by atoms with E-state index >= 15 is 0 Å². The molecule has 0 unspecified atom stereocenters. The van der Waals surface area contributed by atoms with Crippen molar-refractivity contribution in [3.05, 3.63) is 59.7 Å². The van der Waals surface area contributed by atoms with E-state index in [9.17, 15) is 13.6 Å². The predicted octanol–water partition coefficient (Wildman–Crippen LogP) is 3.15. The van der Waals surface area contributed by atoms with E-state index in [1.807, 2.05) is 0 Å². The fourth-order valence-electron chi connectivity index (χ4n) is 1.66. The Kier molecular flexibility index (Phi) is 4.71. The van der Waals surface area contributed by atoms with E-state index in [-0.39, 0.29) is 5.56 Å². The molecule has 110 valence electrons. The lowest BCUT2D eigenvalue weighted by atomic mass is 10.2. The zero-order valence-corrected chi connectivity index (χ0v) is 11.0. The minimum Gasteiger partial charge on any atom is -0.492 e. The summed E-state index contributed by atoms with van der Waals surface area (Å²) in [4.78, 5) is 10.7. The number of nitrogens with one attached hydrogen (secondary N) is 1. The Balaban J connectivity index is 1.79. The summed E-state index contributed by atoms with van der Waals surface area (Å²) in [5, 5.41) is 11.6. The lowest BCUT2D eigenvalue weighted by Gasteiger charge is -2.09. The third-order valence-electron chi connectivity index (χ3n) is 2.72. The van der Waals surface area contributed by atoms with E-state index in [0.29, 0.717) is 24.6 Å². The van der Waals surface area contributed by atoms with Crippen LogP contribution in [0.1, 0.15) is 10.4 Å². The summed E-state index contributed by atoms with van der Waals surface area (Å²) in [6, 6.07) is 9.54. The van der Waals surface area contributed by atoms with Gasteiger partial charge in [0.25, 0.3) is 0 Å². The zero-order valence-electron chi connectivity index (χ0n) is 11.0. The van der Waals surface area contributed by atoms with Crippen LogP contribution >= 0.6 is 0 Å². The molecule has 0 heterocycles. The van der Waals surface area contributed by atoms with Gasteiger partial charge in [0, 0.05) is 18.3 Å². The predicted molar refractivity (Wildman–Crippen MR) is 73.7 cm³/mol. The minimum atomic E-state index is -0.999. The molecule has 0 spiro atoms. The lowest BCUT2D eigenvalue weighted by molar-refractivity contribution is 0.0697. The molecule has 0 aliphatic rings. The van der Waals surface area contributed by atoms with Gasteiger partial charge >= 0.3 is 5.97 Å². The first kappa shape index (κ1) is 14.8. The van der Waals surface area contributed by atoms with Crippen LogP contribution < -0.4 is 10.1 Å². The van der Waals surface area contributed by atoms with Crippen LogP contribution in [-0.2, 0) is 0 Å². The number of anilines is 1. The molecule has 2 N–H and O–H groups in total. The molecule has 0 fully saturated rings. The highest BCUT2D eigenvalue weighted by atomic mass is 19.2. The number of halogens is 2. The smallest absolute Gasteiger partial charge is 0.335 e. The van der Waals surface area contributed by atoms with E-state index in [4.69, 9.17) is 9.84 Å². The molecule has 0 aromatic heterocycles. The van der Waals surface area contributed by atoms with Gasteiger partial charge in [-0.2, -0.15) is 0 Å². The number of carboxylic acids is 1. The maximum Gasteiger partial charge on any atom is 0.335 e. The summed E-state index contributed by atoms with van der Waals surface area (Å²) < 4.78 is 31.1. The molecule has 0 saturated carbocycles. The van der Waals surface area contributed by atoms with Gasteiger partial charge in [-0.1, -0.05) is 0 Å². The number of rotatable bonds is 6. The van der Waals surface area contributed by atoms with Crippen LogP contribution in [0.5, 0.6) is 5.75 Å². The Morgan fingerprint density at radius 1 is 1.10 bits per heavy atom. The van der Waals surface area contributed by atoms with Crippen LogP contribution in [0, 0.1) is 11.6 Å². The molecule has 0 saturated heterocycles. The molecule has 0 atom stereocenters. The van der Waals surface area contributed by atoms with Gasteiger partial charge in [-0.15, -0.1) is 0 Å². The maximum atomic E-state index is 13.0. The van der Waals surface area contributed by atoms with Crippen molar-refractivity contribution in [3.63, 3.8) is 0 Å². The average Bonchev–Trinajstić information content (AvgIpc) is 2.47. The zero-order chi connectivity index (χ0) is 15.2. The molecule has 0 aliphatic heterocycles. The van der Waals surface area contributed by atoms with Gasteiger partial charge in [-0.05, 0) is 36.4 Å². The van der Waals surface area contributed by atoms with Crippen molar-refractivity contribution in [3.8, 4) is 5.75 Å². The largest absolute Gasteiger partial charge is 0.492 e. The number of benzene rings is 2. The first-order valence-electron chi connectivity index (χ1n) is 6.21. The third-order valence-corrected chi connectivity index (χ3v) is 2.72. The maximum absolute atomic E-state index is 13.0. The monoisotopic (exact) mass is 293 g/mol. The second kappa shape index (κ2) is 6.69. The van der Waals surface area contributed by atoms with E-state index in [1.54, 1.807) is 12.1 Å². The summed E-state index contributed by atoms with van der Waals surface area (Å²) in [6.45, 7) is 0.692. The van der Waals surface area contributed by atoms with Crippen LogP contribution in [0.2, 0.25) is 0 Å². The van der Waals surface area contributed by atoms with Crippen molar-refractivity contribution in [2.24, 2.45) is 0 Å². The highest BCUT2D eigenvalue weighted by molar-refractivity contribution is 5.87. The van der Waals surface area contributed by atoms with Gasteiger partial charge < -0.3 is 15.2 Å². The highest BCUT2D eigenvalue weighted by Crippen LogP contribution is 2.14. The summed E-state index contributed by atoms with van der Waals surface area (Å²) in [5.41, 5.74) is 0.640. The summed E-state index contributed by atoms with van der Waals surface area (Å²) in [7, 11) is 0. The van der Waals surface area contributed by atoms with Crippen molar-refractivity contribution < 1.29 is 23.4 Å². The number of ether oxygens (including phenoxy) is 1. The number of carboxylic acid groups (broad SMARTS) is 1. The standard InChI is InChI=1S/C15H13F2NO3/c16-13-6-3-11(9-14(13)17)18-7-8-21-12-4-1-10(2-5-12)15(19)20/h1-6,9,18H,7-8H2,(H,19,20). The molecule has 0 radical (unpaired) electrons. The quantitative estimate of drug-likeness (QED) is 0.803. The minimum absolute atomic E-state index is 0.183. The van der Waals surface area contributed by atoms with Crippen LogP contribution in [0.3, 0.4) is 0 Å². The van der Waals surface area contributed by atoms with Gasteiger partial charge in [-0.3, -0.25) is 0 Å². The second-order valence-corrected chi connectivity index (χ2v) is 4.23. The molecular weight excluding hydrogens is 280 g/mol. The SMILES string of the molecule is O=C(O)c1ccc(OCCNc2ccc(F)c(F)c2)cc1. The summed E-state index contributed by atoms with van der Waals surface area (Å²) >= 11 is 0. The van der Waals surface area contributed by atoms with Crippen molar-refractivity contribution >= 4 is 11.7 Å². The third kappa shape index (κ3) is 4.17. The highest BCUT2D eigenvalue weighted by Gasteiger charge is 2.03. The molecule has 21 heavy (non-hydrogen) atoms. The van der Waals surface area contributed by atoms with Crippen LogP contribution in [0.25, 0.3) is 0 Å². The molecule has 0 aliphatic carbocycles. The van der Waals surface area contributed by atoms with Crippen molar-refractivity contribution in [2.45, 2.75) is 0 Å². The molecule has 0 amide bonds. The van der Waals surface area contributed by atoms with Crippen molar-refractivity contribution in [1.29, 1.82) is 0 Å². The van der Waals surface area contributed by atoms with E-state index in [2.05, 4.69) is 5.32 Å². The lowest BCUT2D eigenvalue weighted by Crippen LogP contribution is -2.11. The molecule has 0 bridgehead atoms. The molecular formula is C15H13F2NO3. The Labute approximate surface area is 120 Å². The van der Waals surface area contributed by atoms with Gasteiger partial charge in [0.1, 0.15) is 12.4 Å². The fourth-order valence-corrected chi connectivity index (χ4v) is 1.66. The first-order valence-corrected chi connectivity index (χ1v) is 6.21. The number of aromatic carboxylic acids is 1. The van der Waals surface area contributed by atoms with Crippen LogP contribution in [-0.4, -0.2) is 24.2 Å². The van der Waals surface area contributed by atoms with Gasteiger partial charge in [0.2, 0.25) is 0 Å². The molecule has 4 nitrogen and oxygen atoms in total. The Bertz CT molecular complexity index is 629. The molecule has 2 aromatic rings. The molecule has 2 aromatic carbocycles. The Morgan fingerprint density at radius 2 is 1.81 bits per heavy atom.